The number of hydrogen-bond donors (Lipinski definition) is 0. The van der Waals surface area contributed by atoms with Crippen LogP contribution in [-0.4, -0.2) is 38.3 Å². The van der Waals surface area contributed by atoms with Crippen molar-refractivity contribution in [2.75, 3.05) is 11.5 Å². The highest BCUT2D eigenvalue weighted by Crippen LogP contribution is 2.56. The van der Waals surface area contributed by atoms with E-state index in [9.17, 15) is 16.8 Å². The van der Waals surface area contributed by atoms with Crippen molar-refractivity contribution >= 4 is 19.7 Å². The van der Waals surface area contributed by atoms with Crippen LogP contribution >= 0.6 is 0 Å². The molecule has 0 spiro atoms. The minimum absolute atomic E-state index is 0.0394. The van der Waals surface area contributed by atoms with Gasteiger partial charge in [-0.3, -0.25) is 0 Å². The molecule has 0 aromatic carbocycles. The van der Waals surface area contributed by atoms with Gasteiger partial charge in [0, 0.05) is 0 Å². The molecule has 2 fully saturated rings. The molecule has 3 aliphatic carbocycles. The smallest absolute Gasteiger partial charge is 0.157 e. The van der Waals surface area contributed by atoms with E-state index in [4.69, 9.17) is 0 Å². The van der Waals surface area contributed by atoms with Gasteiger partial charge in [-0.25, -0.2) is 16.8 Å². The van der Waals surface area contributed by atoms with E-state index >= 15 is 0 Å². The predicted molar refractivity (Wildman–Crippen MR) is 79.0 cm³/mol. The first-order valence-corrected chi connectivity index (χ1v) is 10.8. The zero-order valence-corrected chi connectivity index (χ0v) is 13.4. The Balaban J connectivity index is 2.12. The summed E-state index contributed by atoms with van der Waals surface area (Å²) in [4.78, 5) is 0. The van der Waals surface area contributed by atoms with Crippen molar-refractivity contribution in [3.63, 3.8) is 0 Å². The van der Waals surface area contributed by atoms with Crippen LogP contribution in [-0.2, 0) is 19.7 Å². The van der Waals surface area contributed by atoms with Crippen LogP contribution in [0.3, 0.4) is 0 Å². The van der Waals surface area contributed by atoms with Crippen molar-refractivity contribution in [3.8, 4) is 0 Å². The lowest BCUT2D eigenvalue weighted by molar-refractivity contribution is 0.252. The highest BCUT2D eigenvalue weighted by atomic mass is 32.2. The molecule has 0 amide bonds. The average Bonchev–Trinajstić information content (AvgIpc) is 2.74. The third-order valence-electron chi connectivity index (χ3n) is 5.41. The van der Waals surface area contributed by atoms with E-state index in [1.807, 2.05) is 19.1 Å². The van der Waals surface area contributed by atoms with Gasteiger partial charge in [0.25, 0.3) is 0 Å². The predicted octanol–water partition coefficient (Wildman–Crippen LogP) is 1.72. The molecule has 4 atom stereocenters. The molecule has 4 rings (SSSR count). The summed E-state index contributed by atoms with van der Waals surface area (Å²) in [5.41, 5.74) is 0. The Morgan fingerprint density at radius 1 is 1.25 bits per heavy atom. The van der Waals surface area contributed by atoms with E-state index in [1.54, 1.807) is 0 Å². The van der Waals surface area contributed by atoms with Crippen molar-refractivity contribution in [1.82, 2.24) is 0 Å². The topological polar surface area (TPSA) is 68.3 Å². The fraction of sp³-hybridized carbons (Fsp3) is 0.857. The maximum atomic E-state index is 12.9. The van der Waals surface area contributed by atoms with Crippen LogP contribution in [0.25, 0.3) is 0 Å². The molecule has 1 heterocycles. The van der Waals surface area contributed by atoms with E-state index in [-0.39, 0.29) is 23.3 Å². The lowest BCUT2D eigenvalue weighted by atomic mass is 9.67. The highest BCUT2D eigenvalue weighted by molar-refractivity contribution is 7.97. The molecule has 4 aliphatic rings. The van der Waals surface area contributed by atoms with Crippen LogP contribution < -0.4 is 0 Å². The molecular weight excluding hydrogens is 296 g/mol. The van der Waals surface area contributed by atoms with Crippen LogP contribution in [0.2, 0.25) is 0 Å². The van der Waals surface area contributed by atoms with Crippen molar-refractivity contribution < 1.29 is 16.8 Å². The van der Waals surface area contributed by atoms with E-state index in [2.05, 4.69) is 0 Å². The van der Waals surface area contributed by atoms with E-state index in [0.29, 0.717) is 12.8 Å². The Bertz CT molecular complexity index is 632. The third-order valence-corrected chi connectivity index (χ3v) is 10.6. The number of rotatable bonds is 4. The van der Waals surface area contributed by atoms with Crippen LogP contribution in [0, 0.1) is 11.8 Å². The van der Waals surface area contributed by atoms with Crippen molar-refractivity contribution in [3.05, 3.63) is 12.2 Å². The molecular formula is C14H22O4S2. The van der Waals surface area contributed by atoms with Gasteiger partial charge in [0.05, 0.1) is 21.5 Å². The average molecular weight is 318 g/mol. The number of allylic oxidation sites excluding steroid dienone is 2. The van der Waals surface area contributed by atoms with Gasteiger partial charge in [-0.2, -0.15) is 0 Å². The van der Waals surface area contributed by atoms with Gasteiger partial charge in [-0.1, -0.05) is 25.5 Å². The van der Waals surface area contributed by atoms with Crippen molar-refractivity contribution in [1.29, 1.82) is 0 Å². The maximum absolute atomic E-state index is 12.9. The Kier molecular flexibility index (Phi) is 3.33. The van der Waals surface area contributed by atoms with Gasteiger partial charge in [0.2, 0.25) is 0 Å². The summed E-state index contributed by atoms with van der Waals surface area (Å²) >= 11 is 0. The van der Waals surface area contributed by atoms with Gasteiger partial charge < -0.3 is 0 Å². The first-order valence-electron chi connectivity index (χ1n) is 7.47. The summed E-state index contributed by atoms with van der Waals surface area (Å²) in [5, 5.41) is -0.680. The number of fused-ring (bicyclic) bond motifs is 1. The van der Waals surface area contributed by atoms with Crippen LogP contribution in [0.15, 0.2) is 12.2 Å². The van der Waals surface area contributed by atoms with Crippen LogP contribution in [0.5, 0.6) is 0 Å². The monoisotopic (exact) mass is 318 g/mol. The molecule has 1 aliphatic heterocycles. The van der Waals surface area contributed by atoms with Crippen LogP contribution in [0.4, 0.5) is 0 Å². The molecule has 1 saturated heterocycles. The molecule has 0 unspecified atom stereocenters. The number of sulfone groups is 2. The fourth-order valence-corrected chi connectivity index (χ4v) is 10.7. The Morgan fingerprint density at radius 3 is 2.60 bits per heavy atom. The van der Waals surface area contributed by atoms with Gasteiger partial charge in [0.15, 0.2) is 19.7 Å². The zero-order valence-electron chi connectivity index (χ0n) is 11.8. The van der Waals surface area contributed by atoms with Gasteiger partial charge in [-0.15, -0.1) is 0 Å². The summed E-state index contributed by atoms with van der Waals surface area (Å²) in [6, 6.07) is 0. The quantitative estimate of drug-likeness (QED) is 0.740. The Labute approximate surface area is 121 Å². The molecule has 2 bridgehead atoms. The van der Waals surface area contributed by atoms with Crippen molar-refractivity contribution in [2.45, 2.75) is 49.0 Å². The third kappa shape index (κ3) is 1.76. The molecule has 0 N–H and O–H groups in total. The molecule has 4 nitrogen and oxygen atoms in total. The minimum atomic E-state index is -3.38. The lowest BCUT2D eigenvalue weighted by Crippen LogP contribution is -2.60. The second kappa shape index (κ2) is 4.57. The van der Waals surface area contributed by atoms with Gasteiger partial charge in [-0.05, 0) is 37.5 Å². The minimum Gasteiger partial charge on any atom is -0.228 e. The molecule has 0 aromatic rings. The molecule has 1 saturated carbocycles. The molecule has 20 heavy (non-hydrogen) atoms. The van der Waals surface area contributed by atoms with E-state index in [1.165, 1.54) is 0 Å². The molecule has 6 heteroatoms. The summed E-state index contributed by atoms with van der Waals surface area (Å²) in [7, 11) is -6.65. The lowest BCUT2D eigenvalue weighted by Gasteiger charge is -2.49. The molecule has 0 radical (unpaired) electrons. The second-order valence-corrected chi connectivity index (χ2v) is 11.0. The summed E-state index contributed by atoms with van der Waals surface area (Å²) in [6.45, 7) is 1.96. The van der Waals surface area contributed by atoms with Crippen LogP contribution in [0.1, 0.15) is 39.0 Å². The maximum Gasteiger partial charge on any atom is 0.157 e. The van der Waals surface area contributed by atoms with Crippen molar-refractivity contribution in [2.24, 2.45) is 11.8 Å². The standard InChI is InChI=1S/C14H22O4S2/c1-2-3-9-20(17,18)14-8-10-19(15,16)13(14)11-4-6-12(14)7-5-11/h4,6,11-13H,2-3,5,7-10H2,1H3/t11-,12+,13-,14-/m1/s1. The first-order chi connectivity index (χ1) is 9.35. The molecule has 114 valence electrons. The Hall–Kier alpha value is -0.360. The first kappa shape index (κ1) is 14.6. The SMILES string of the molecule is CCCCS(=O)(=O)[C@@]12CCS(=O)(=O)[C@@H]1[C@@H]1C=C[C@H]2CC1. The summed E-state index contributed by atoms with van der Waals surface area (Å²) in [6.07, 6.45) is 7.31. The fourth-order valence-electron chi connectivity index (χ4n) is 4.49. The largest absolute Gasteiger partial charge is 0.228 e. The summed E-state index contributed by atoms with van der Waals surface area (Å²) < 4.78 is 49.7. The van der Waals surface area contributed by atoms with E-state index in [0.717, 1.165) is 19.3 Å². The number of hydrogen-bond acceptors (Lipinski definition) is 4. The Morgan fingerprint density at radius 2 is 2.00 bits per heavy atom. The van der Waals surface area contributed by atoms with Gasteiger partial charge >= 0.3 is 0 Å². The van der Waals surface area contributed by atoms with E-state index < -0.39 is 29.7 Å². The van der Waals surface area contributed by atoms with Gasteiger partial charge in [0.1, 0.15) is 0 Å². The normalized spacial score (nSPS) is 41.8. The zero-order chi connectivity index (χ0) is 14.6. The second-order valence-electron chi connectivity index (χ2n) is 6.40. The number of unbranched alkanes of at least 4 members (excludes halogenated alkanes) is 1. The summed E-state index contributed by atoms with van der Waals surface area (Å²) in [5.74, 6) is -0.0230. The highest BCUT2D eigenvalue weighted by Gasteiger charge is 2.67. The molecule has 0 aromatic heterocycles.